The van der Waals surface area contributed by atoms with E-state index < -0.39 is 17.4 Å². The van der Waals surface area contributed by atoms with Gasteiger partial charge >= 0.3 is 0 Å². The average molecular weight is 324 g/mol. The molecule has 2 heterocycles. The number of imide groups is 1. The molecule has 0 radical (unpaired) electrons. The highest BCUT2D eigenvalue weighted by Crippen LogP contribution is 2.26. The van der Waals surface area contributed by atoms with Crippen LogP contribution in [0.25, 0.3) is 5.69 Å². The average Bonchev–Trinajstić information content (AvgIpc) is 2.82. The molecule has 0 aliphatic carbocycles. The number of amides is 2. The van der Waals surface area contributed by atoms with Crippen LogP contribution in [-0.2, 0) is 0 Å². The van der Waals surface area contributed by atoms with Crippen LogP contribution >= 0.6 is 0 Å². The number of fused-ring (bicyclic) bond motifs is 1. The van der Waals surface area contributed by atoms with Gasteiger partial charge < -0.3 is 10.5 Å². The molecule has 3 rings (SSSR count). The molecule has 2 amide bonds. The topological polar surface area (TPSA) is 127 Å². The van der Waals surface area contributed by atoms with Crippen molar-refractivity contribution in [3.05, 3.63) is 51.3 Å². The summed E-state index contributed by atoms with van der Waals surface area (Å²) in [4.78, 5) is 35.9. The lowest BCUT2D eigenvalue weighted by molar-refractivity contribution is 0.0880. The molecule has 0 fully saturated rings. The minimum absolute atomic E-state index is 0.0399. The summed E-state index contributed by atoms with van der Waals surface area (Å²) in [6.07, 6.45) is 0. The molecule has 3 N–H and O–H groups in total. The number of aromatic nitrogens is 1. The highest BCUT2D eigenvalue weighted by atomic mass is 16.5. The number of nitrogens with two attached hydrogens (primary N) is 1. The maximum absolute atomic E-state index is 12.4. The number of anilines is 1. The second kappa shape index (κ2) is 5.55. The van der Waals surface area contributed by atoms with E-state index in [0.29, 0.717) is 23.6 Å². The first-order valence-electron chi connectivity index (χ1n) is 7.06. The lowest BCUT2D eigenvalue weighted by atomic mass is 10.1. The minimum atomic E-state index is -0.653. The zero-order chi connectivity index (χ0) is 17.4. The van der Waals surface area contributed by atoms with Gasteiger partial charge in [-0.05, 0) is 19.1 Å². The second-order valence-corrected chi connectivity index (χ2v) is 5.00. The number of ether oxygens (including phenoxy) is 1. The summed E-state index contributed by atoms with van der Waals surface area (Å²) < 4.78 is 6.49. The molecule has 1 aliphatic heterocycles. The van der Waals surface area contributed by atoms with Gasteiger partial charge in [0.1, 0.15) is 17.6 Å². The molecule has 0 bridgehead atoms. The fraction of sp³-hybridized carbons (Fsp3) is 0.125. The predicted octanol–water partition coefficient (Wildman–Crippen LogP) is 0.574. The summed E-state index contributed by atoms with van der Waals surface area (Å²) in [6, 6.07) is 7.54. The van der Waals surface area contributed by atoms with E-state index in [4.69, 9.17) is 15.7 Å². The molecule has 0 spiro atoms. The van der Waals surface area contributed by atoms with Crippen molar-refractivity contribution in [1.29, 1.82) is 5.26 Å². The summed E-state index contributed by atoms with van der Waals surface area (Å²) in [7, 11) is 0. The summed E-state index contributed by atoms with van der Waals surface area (Å²) in [5, 5.41) is 11.2. The minimum Gasteiger partial charge on any atom is -0.492 e. The van der Waals surface area contributed by atoms with E-state index in [2.05, 4.69) is 5.32 Å². The Bertz CT molecular complexity index is 985. The van der Waals surface area contributed by atoms with Gasteiger partial charge in [-0.3, -0.25) is 24.3 Å². The number of benzene rings is 1. The van der Waals surface area contributed by atoms with Crippen molar-refractivity contribution < 1.29 is 14.3 Å². The highest BCUT2D eigenvalue weighted by Gasteiger charge is 2.31. The number of nitrogen functional groups attached to an aromatic ring is 1. The Kier molecular flexibility index (Phi) is 3.54. The van der Waals surface area contributed by atoms with Crippen LogP contribution in [0.5, 0.6) is 5.75 Å². The van der Waals surface area contributed by atoms with Gasteiger partial charge in [0.2, 0.25) is 0 Å². The van der Waals surface area contributed by atoms with Crippen molar-refractivity contribution in [2.75, 3.05) is 12.3 Å². The molecule has 0 saturated carbocycles. The lowest BCUT2D eigenvalue weighted by Gasteiger charge is -2.13. The SMILES string of the molecule is CCOc1cc(-n2c(N)c3c(cc2=O)C(=O)NC3=O)ccc1C#N. The first-order valence-corrected chi connectivity index (χ1v) is 7.06. The zero-order valence-corrected chi connectivity index (χ0v) is 12.6. The molecule has 8 nitrogen and oxygen atoms in total. The Hall–Kier alpha value is -3.60. The Morgan fingerprint density at radius 1 is 1.25 bits per heavy atom. The smallest absolute Gasteiger partial charge is 0.262 e. The molecular weight excluding hydrogens is 312 g/mol. The third-order valence-corrected chi connectivity index (χ3v) is 3.60. The number of carbonyl (C=O) groups excluding carboxylic acids is 2. The second-order valence-electron chi connectivity index (χ2n) is 5.00. The van der Waals surface area contributed by atoms with Crippen molar-refractivity contribution in [1.82, 2.24) is 9.88 Å². The Morgan fingerprint density at radius 3 is 2.67 bits per heavy atom. The van der Waals surface area contributed by atoms with Crippen LogP contribution in [0.15, 0.2) is 29.1 Å². The van der Waals surface area contributed by atoms with Crippen LogP contribution in [0.3, 0.4) is 0 Å². The Balaban J connectivity index is 2.25. The van der Waals surface area contributed by atoms with E-state index in [0.717, 1.165) is 10.6 Å². The zero-order valence-electron chi connectivity index (χ0n) is 12.6. The summed E-state index contributed by atoms with van der Waals surface area (Å²) in [5.74, 6) is -1.15. The van der Waals surface area contributed by atoms with Gasteiger partial charge in [0.05, 0.1) is 29.0 Å². The van der Waals surface area contributed by atoms with E-state index in [1.54, 1.807) is 6.92 Å². The third kappa shape index (κ3) is 2.19. The van der Waals surface area contributed by atoms with E-state index in [1.807, 2.05) is 6.07 Å². The molecule has 120 valence electrons. The van der Waals surface area contributed by atoms with Crippen molar-refractivity contribution in [2.24, 2.45) is 0 Å². The summed E-state index contributed by atoms with van der Waals surface area (Å²) in [6.45, 7) is 2.10. The fourth-order valence-electron chi connectivity index (χ4n) is 2.56. The fourth-order valence-corrected chi connectivity index (χ4v) is 2.56. The standard InChI is InChI=1S/C16H12N4O4/c1-2-24-11-5-9(4-3-8(11)7-17)20-12(21)6-10-13(14(20)18)16(23)19-15(10)22/h3-6H,2,18H2,1H3,(H,19,22,23). The van der Waals surface area contributed by atoms with Crippen LogP contribution in [0.2, 0.25) is 0 Å². The number of nitriles is 1. The number of hydrogen-bond acceptors (Lipinski definition) is 6. The molecule has 1 aliphatic rings. The first kappa shape index (κ1) is 15.3. The van der Waals surface area contributed by atoms with Gasteiger partial charge in [0.15, 0.2) is 0 Å². The Labute approximate surface area is 136 Å². The first-order chi connectivity index (χ1) is 11.5. The predicted molar refractivity (Wildman–Crippen MR) is 84.1 cm³/mol. The van der Waals surface area contributed by atoms with Gasteiger partial charge in [-0.2, -0.15) is 5.26 Å². The Morgan fingerprint density at radius 2 is 2.00 bits per heavy atom. The van der Waals surface area contributed by atoms with E-state index in [9.17, 15) is 14.4 Å². The molecule has 8 heteroatoms. The number of rotatable bonds is 3. The van der Waals surface area contributed by atoms with E-state index in [-0.39, 0.29) is 16.9 Å². The maximum atomic E-state index is 12.4. The summed E-state index contributed by atoms with van der Waals surface area (Å²) in [5.41, 5.74) is 5.94. The highest BCUT2D eigenvalue weighted by molar-refractivity contribution is 6.23. The number of nitrogens with one attached hydrogen (secondary N) is 1. The summed E-state index contributed by atoms with van der Waals surface area (Å²) >= 11 is 0. The number of carbonyl (C=O) groups is 2. The van der Waals surface area contributed by atoms with Crippen LogP contribution < -0.4 is 21.3 Å². The molecule has 0 unspecified atom stereocenters. The molecule has 1 aromatic carbocycles. The molecule has 0 atom stereocenters. The van der Waals surface area contributed by atoms with Crippen molar-refractivity contribution >= 4 is 17.6 Å². The van der Waals surface area contributed by atoms with Crippen LogP contribution in [-0.4, -0.2) is 23.0 Å². The van der Waals surface area contributed by atoms with Crippen molar-refractivity contribution in [2.45, 2.75) is 6.92 Å². The van der Waals surface area contributed by atoms with Gasteiger partial charge in [-0.1, -0.05) is 0 Å². The van der Waals surface area contributed by atoms with Gasteiger partial charge in [0.25, 0.3) is 17.4 Å². The van der Waals surface area contributed by atoms with Crippen LogP contribution in [0.4, 0.5) is 5.82 Å². The number of pyridine rings is 1. The van der Waals surface area contributed by atoms with E-state index in [1.165, 1.54) is 18.2 Å². The van der Waals surface area contributed by atoms with Crippen molar-refractivity contribution in [3.63, 3.8) is 0 Å². The number of hydrogen-bond donors (Lipinski definition) is 2. The van der Waals surface area contributed by atoms with Crippen molar-refractivity contribution in [3.8, 4) is 17.5 Å². The maximum Gasteiger partial charge on any atom is 0.262 e. The third-order valence-electron chi connectivity index (χ3n) is 3.60. The largest absolute Gasteiger partial charge is 0.492 e. The monoisotopic (exact) mass is 324 g/mol. The molecule has 2 aromatic rings. The number of nitrogens with zero attached hydrogens (tertiary/aromatic N) is 2. The molecule has 1 aromatic heterocycles. The van der Waals surface area contributed by atoms with Crippen LogP contribution in [0.1, 0.15) is 33.2 Å². The molecular formula is C16H12N4O4. The van der Waals surface area contributed by atoms with Gasteiger partial charge in [-0.25, -0.2) is 0 Å². The normalized spacial score (nSPS) is 12.5. The van der Waals surface area contributed by atoms with Gasteiger partial charge in [-0.15, -0.1) is 0 Å². The quantitative estimate of drug-likeness (QED) is 0.795. The van der Waals surface area contributed by atoms with Crippen LogP contribution in [0, 0.1) is 11.3 Å². The van der Waals surface area contributed by atoms with E-state index >= 15 is 0 Å². The molecule has 0 saturated heterocycles. The molecule has 24 heavy (non-hydrogen) atoms. The lowest BCUT2D eigenvalue weighted by Crippen LogP contribution is -2.24. The van der Waals surface area contributed by atoms with Gasteiger partial charge in [0, 0.05) is 12.1 Å².